The predicted molar refractivity (Wildman–Crippen MR) is 137 cm³/mol. The Labute approximate surface area is 211 Å². The Kier molecular flexibility index (Phi) is 8.92. The zero-order valence-electron chi connectivity index (χ0n) is 19.8. The molecule has 0 aromatic heterocycles. The summed E-state index contributed by atoms with van der Waals surface area (Å²) in [6.07, 6.45) is -0.818. The van der Waals surface area contributed by atoms with Gasteiger partial charge in [0.15, 0.2) is 0 Å². The summed E-state index contributed by atoms with van der Waals surface area (Å²) in [5.41, 5.74) is 4.12. The number of rotatable bonds is 9. The van der Waals surface area contributed by atoms with E-state index in [4.69, 9.17) is 14.2 Å². The number of aryl methyl sites for hydroxylation is 1. The second kappa shape index (κ2) is 12.1. The van der Waals surface area contributed by atoms with Crippen LogP contribution < -0.4 is 0 Å². The van der Waals surface area contributed by atoms with Crippen LogP contribution in [0.15, 0.2) is 83.3 Å². The first-order valence-electron chi connectivity index (χ1n) is 11.9. The lowest BCUT2D eigenvalue weighted by Gasteiger charge is -2.42. The number of aliphatic hydroxyl groups excluding tert-OH is 1. The van der Waals surface area contributed by atoms with Crippen molar-refractivity contribution < 1.29 is 19.3 Å². The maximum Gasteiger partial charge on any atom is 0.114 e. The number of halogens is 1. The number of benzene rings is 3. The van der Waals surface area contributed by atoms with E-state index in [1.54, 1.807) is 0 Å². The molecular formula is C29H33BrO4. The molecule has 1 fully saturated rings. The van der Waals surface area contributed by atoms with Gasteiger partial charge in [-0.05, 0) is 53.6 Å². The van der Waals surface area contributed by atoms with Gasteiger partial charge in [0.1, 0.15) is 12.2 Å². The zero-order chi connectivity index (χ0) is 23.9. The lowest BCUT2D eigenvalue weighted by molar-refractivity contribution is -0.209. The van der Waals surface area contributed by atoms with Crippen molar-refractivity contribution in [2.45, 2.75) is 57.9 Å². The molecule has 4 rings (SSSR count). The van der Waals surface area contributed by atoms with Crippen molar-refractivity contribution in [3.05, 3.63) is 106 Å². The van der Waals surface area contributed by atoms with Gasteiger partial charge in [0, 0.05) is 4.47 Å². The van der Waals surface area contributed by atoms with Gasteiger partial charge in [0.05, 0.1) is 32.0 Å². The Morgan fingerprint density at radius 1 is 0.971 bits per heavy atom. The highest BCUT2D eigenvalue weighted by atomic mass is 79.9. The minimum Gasteiger partial charge on any atom is -0.386 e. The van der Waals surface area contributed by atoms with Crippen molar-refractivity contribution >= 4 is 15.9 Å². The Morgan fingerprint density at radius 3 is 2.26 bits per heavy atom. The fraction of sp³-hybridized carbons (Fsp3) is 0.379. The molecule has 0 aliphatic carbocycles. The third-order valence-electron chi connectivity index (χ3n) is 6.50. The molecule has 0 amide bonds. The molecule has 1 saturated heterocycles. The van der Waals surface area contributed by atoms with Crippen molar-refractivity contribution in [3.63, 3.8) is 0 Å². The van der Waals surface area contributed by atoms with E-state index in [9.17, 15) is 5.11 Å². The van der Waals surface area contributed by atoms with Gasteiger partial charge in [-0.25, -0.2) is 0 Å². The van der Waals surface area contributed by atoms with Crippen molar-refractivity contribution in [3.8, 4) is 0 Å². The first-order valence-corrected chi connectivity index (χ1v) is 12.7. The van der Waals surface area contributed by atoms with Crippen LogP contribution in [-0.2, 0) is 27.4 Å². The molecular weight excluding hydrogens is 492 g/mol. The third kappa shape index (κ3) is 6.55. The highest BCUT2D eigenvalue weighted by Crippen LogP contribution is 2.36. The second-order valence-corrected chi connectivity index (χ2v) is 10.0. The quantitative estimate of drug-likeness (QED) is 0.352. The number of aliphatic hydroxyl groups is 1. The van der Waals surface area contributed by atoms with E-state index in [1.165, 1.54) is 0 Å². The molecule has 3 aromatic carbocycles. The van der Waals surface area contributed by atoms with E-state index in [2.05, 4.69) is 47.1 Å². The summed E-state index contributed by atoms with van der Waals surface area (Å²) in [6, 6.07) is 26.2. The normalized spacial score (nSPS) is 23.5. The van der Waals surface area contributed by atoms with Crippen LogP contribution >= 0.6 is 15.9 Å². The van der Waals surface area contributed by atoms with Crippen molar-refractivity contribution in [2.24, 2.45) is 5.92 Å². The molecule has 0 spiro atoms. The summed E-state index contributed by atoms with van der Waals surface area (Å²) < 4.78 is 19.9. The molecule has 5 heteroatoms. The van der Waals surface area contributed by atoms with E-state index in [0.717, 1.165) is 33.1 Å². The molecule has 1 aliphatic rings. The van der Waals surface area contributed by atoms with Crippen molar-refractivity contribution in [1.82, 2.24) is 0 Å². The summed E-state index contributed by atoms with van der Waals surface area (Å²) >= 11 is 3.52. The number of ether oxygens (including phenoxy) is 3. The first-order chi connectivity index (χ1) is 16.5. The fourth-order valence-electron chi connectivity index (χ4n) is 4.51. The van der Waals surface area contributed by atoms with Crippen LogP contribution in [0.2, 0.25) is 0 Å². The van der Waals surface area contributed by atoms with Crippen LogP contribution in [0.3, 0.4) is 0 Å². The Bertz CT molecular complexity index is 1030. The predicted octanol–water partition coefficient (Wildman–Crippen LogP) is 6.39. The molecule has 180 valence electrons. The molecule has 1 N–H and O–H groups in total. The monoisotopic (exact) mass is 524 g/mol. The first kappa shape index (κ1) is 25.1. The molecule has 0 bridgehead atoms. The molecule has 0 radical (unpaired) electrons. The van der Waals surface area contributed by atoms with Gasteiger partial charge >= 0.3 is 0 Å². The summed E-state index contributed by atoms with van der Waals surface area (Å²) in [6.45, 7) is 5.68. The van der Waals surface area contributed by atoms with Crippen LogP contribution in [-0.4, -0.2) is 30.0 Å². The molecule has 1 heterocycles. The minimum absolute atomic E-state index is 0.115. The topological polar surface area (TPSA) is 47.9 Å². The maximum atomic E-state index is 11.4. The average molecular weight is 525 g/mol. The van der Waals surface area contributed by atoms with Crippen LogP contribution in [0, 0.1) is 12.8 Å². The summed E-state index contributed by atoms with van der Waals surface area (Å²) in [5.74, 6) is 0.242. The summed E-state index contributed by atoms with van der Waals surface area (Å²) in [5, 5.41) is 11.4. The highest BCUT2D eigenvalue weighted by Gasteiger charge is 2.41. The van der Waals surface area contributed by atoms with Gasteiger partial charge in [-0.2, -0.15) is 0 Å². The zero-order valence-corrected chi connectivity index (χ0v) is 21.4. The van der Waals surface area contributed by atoms with Crippen LogP contribution in [0.1, 0.15) is 41.7 Å². The lowest BCUT2D eigenvalue weighted by atomic mass is 9.86. The van der Waals surface area contributed by atoms with Crippen molar-refractivity contribution in [2.75, 3.05) is 6.61 Å². The van der Waals surface area contributed by atoms with Gasteiger partial charge < -0.3 is 19.3 Å². The lowest BCUT2D eigenvalue weighted by Crippen LogP contribution is -2.49. The Balaban J connectivity index is 1.47. The van der Waals surface area contributed by atoms with Crippen molar-refractivity contribution in [1.29, 1.82) is 0 Å². The molecule has 2 unspecified atom stereocenters. The van der Waals surface area contributed by atoms with E-state index in [1.807, 2.05) is 61.5 Å². The summed E-state index contributed by atoms with van der Waals surface area (Å²) in [7, 11) is 0. The van der Waals surface area contributed by atoms with Gasteiger partial charge in [-0.15, -0.1) is 0 Å². The van der Waals surface area contributed by atoms with Gasteiger partial charge in [0.2, 0.25) is 0 Å². The largest absolute Gasteiger partial charge is 0.386 e. The Hall–Kier alpha value is -2.02. The van der Waals surface area contributed by atoms with E-state index >= 15 is 0 Å². The van der Waals surface area contributed by atoms with E-state index in [0.29, 0.717) is 19.8 Å². The molecule has 0 saturated carbocycles. The molecule has 4 nitrogen and oxygen atoms in total. The third-order valence-corrected chi connectivity index (χ3v) is 6.99. The molecule has 3 aromatic rings. The average Bonchev–Trinajstić information content (AvgIpc) is 2.85. The van der Waals surface area contributed by atoms with Crippen LogP contribution in [0.25, 0.3) is 0 Å². The van der Waals surface area contributed by atoms with Gasteiger partial charge in [-0.3, -0.25) is 0 Å². The molecule has 34 heavy (non-hydrogen) atoms. The molecule has 1 aliphatic heterocycles. The maximum absolute atomic E-state index is 11.4. The van der Waals surface area contributed by atoms with Crippen LogP contribution in [0.4, 0.5) is 0 Å². The standard InChI is InChI=1S/C29H33BrO4/c1-20-15-24(30)13-14-25(20)28(31)29-26(33-18-23-11-7-4-8-12-23)16-21(2)27(34-29)19-32-17-22-9-5-3-6-10-22/h3-15,21,26-29,31H,16-19H2,1-2H3/t21-,26?,27?,28+,29-/m0/s1. The highest BCUT2D eigenvalue weighted by molar-refractivity contribution is 9.10. The second-order valence-electron chi connectivity index (χ2n) is 9.13. The molecule has 5 atom stereocenters. The Morgan fingerprint density at radius 2 is 1.62 bits per heavy atom. The van der Waals surface area contributed by atoms with E-state index in [-0.39, 0.29) is 18.1 Å². The smallest absolute Gasteiger partial charge is 0.114 e. The minimum atomic E-state index is -0.794. The van der Waals surface area contributed by atoms with Gasteiger partial charge in [-0.1, -0.05) is 89.6 Å². The van der Waals surface area contributed by atoms with Gasteiger partial charge in [0.25, 0.3) is 0 Å². The van der Waals surface area contributed by atoms with E-state index < -0.39 is 12.2 Å². The number of hydrogen-bond acceptors (Lipinski definition) is 4. The fourth-order valence-corrected chi connectivity index (χ4v) is 4.99. The SMILES string of the molecule is Cc1cc(Br)ccc1[C@@H](O)[C@H]1OC(COCc2ccccc2)[C@@H](C)CC1OCc1ccccc1. The summed E-state index contributed by atoms with van der Waals surface area (Å²) in [4.78, 5) is 0. The number of hydrogen-bond donors (Lipinski definition) is 1. The van der Waals surface area contributed by atoms with Crippen LogP contribution in [0.5, 0.6) is 0 Å².